The Bertz CT molecular complexity index is 676. The van der Waals surface area contributed by atoms with Gasteiger partial charge in [-0.25, -0.2) is 0 Å². The highest BCUT2D eigenvalue weighted by Gasteiger charge is 2.31. The van der Waals surface area contributed by atoms with Crippen LogP contribution in [0.5, 0.6) is 0 Å². The summed E-state index contributed by atoms with van der Waals surface area (Å²) in [6, 6.07) is 4.28. The standard InChI is InChI=1S/C17H18N2OS/c1-20-14-7-6-12(15-3-2-8-21-15)9-13-10-18-17(11-4-5-11)19-16(13)14/h2-3,6-8,11H,4-5,9-10H2,1H3,(H,18,19). The molecule has 0 unspecified atom stereocenters. The molecule has 1 N–H and O–H groups in total. The molecule has 1 saturated carbocycles. The van der Waals surface area contributed by atoms with Gasteiger partial charge in [-0.3, -0.25) is 4.99 Å². The Balaban J connectivity index is 1.67. The number of methoxy groups -OCH3 is 1. The largest absolute Gasteiger partial charge is 0.495 e. The van der Waals surface area contributed by atoms with E-state index in [9.17, 15) is 0 Å². The third-order valence-corrected chi connectivity index (χ3v) is 5.10. The summed E-state index contributed by atoms with van der Waals surface area (Å²) in [4.78, 5) is 6.07. The third kappa shape index (κ3) is 2.44. The molecule has 2 aliphatic carbocycles. The molecule has 0 atom stereocenters. The maximum atomic E-state index is 5.60. The predicted molar refractivity (Wildman–Crippen MR) is 87.2 cm³/mol. The number of rotatable bonds is 3. The van der Waals surface area contributed by atoms with Crippen LogP contribution < -0.4 is 5.32 Å². The quantitative estimate of drug-likeness (QED) is 0.922. The van der Waals surface area contributed by atoms with Crippen LogP contribution in [-0.2, 0) is 4.74 Å². The minimum Gasteiger partial charge on any atom is -0.495 e. The molecule has 108 valence electrons. The lowest BCUT2D eigenvalue weighted by molar-refractivity contribution is 0.297. The highest BCUT2D eigenvalue weighted by Crippen LogP contribution is 2.36. The van der Waals surface area contributed by atoms with Gasteiger partial charge in [-0.2, -0.15) is 0 Å². The molecule has 1 aromatic rings. The number of hydrogen-bond acceptors (Lipinski definition) is 4. The predicted octanol–water partition coefficient (Wildman–Crippen LogP) is 3.73. The SMILES string of the molecule is COC1=CC=C(c2cccs2)CC2=C1NC(C1CC1)=NC2. The molecule has 21 heavy (non-hydrogen) atoms. The summed E-state index contributed by atoms with van der Waals surface area (Å²) in [6.07, 6.45) is 7.73. The zero-order valence-corrected chi connectivity index (χ0v) is 12.9. The summed E-state index contributed by atoms with van der Waals surface area (Å²) in [5, 5.41) is 5.66. The van der Waals surface area contributed by atoms with Crippen molar-refractivity contribution in [2.45, 2.75) is 19.3 Å². The van der Waals surface area contributed by atoms with Crippen LogP contribution in [-0.4, -0.2) is 19.5 Å². The molecule has 1 aliphatic heterocycles. The molecule has 4 heteroatoms. The highest BCUT2D eigenvalue weighted by molar-refractivity contribution is 7.11. The van der Waals surface area contributed by atoms with Crippen LogP contribution in [0.3, 0.4) is 0 Å². The van der Waals surface area contributed by atoms with Gasteiger partial charge in [-0.05, 0) is 47.9 Å². The van der Waals surface area contributed by atoms with Gasteiger partial charge in [0.05, 0.1) is 19.4 Å². The van der Waals surface area contributed by atoms with Gasteiger partial charge < -0.3 is 10.1 Å². The van der Waals surface area contributed by atoms with Crippen molar-refractivity contribution in [2.24, 2.45) is 10.9 Å². The second kappa shape index (κ2) is 5.19. The van der Waals surface area contributed by atoms with Crippen molar-refractivity contribution < 1.29 is 4.74 Å². The van der Waals surface area contributed by atoms with Gasteiger partial charge in [0, 0.05) is 10.8 Å². The summed E-state index contributed by atoms with van der Waals surface area (Å²) < 4.78 is 5.60. The lowest BCUT2D eigenvalue weighted by atomic mass is 10.0. The molecule has 1 aromatic heterocycles. The van der Waals surface area contributed by atoms with Gasteiger partial charge in [0.25, 0.3) is 0 Å². The topological polar surface area (TPSA) is 33.6 Å². The Kier molecular flexibility index (Phi) is 3.19. The van der Waals surface area contributed by atoms with Crippen molar-refractivity contribution in [1.82, 2.24) is 5.32 Å². The van der Waals surface area contributed by atoms with E-state index in [0.29, 0.717) is 5.92 Å². The van der Waals surface area contributed by atoms with Crippen molar-refractivity contribution in [3.63, 3.8) is 0 Å². The molecule has 1 fully saturated rings. The number of allylic oxidation sites excluding steroid dienone is 3. The fourth-order valence-electron chi connectivity index (χ4n) is 2.83. The molecule has 0 bridgehead atoms. The number of amidine groups is 1. The first kappa shape index (κ1) is 12.9. The summed E-state index contributed by atoms with van der Waals surface area (Å²) >= 11 is 1.79. The third-order valence-electron chi connectivity index (χ3n) is 4.15. The Morgan fingerprint density at radius 2 is 2.24 bits per heavy atom. The molecule has 0 amide bonds. The second-order valence-electron chi connectivity index (χ2n) is 5.66. The molecule has 0 aromatic carbocycles. The fraction of sp³-hybridized carbons (Fsp3) is 0.353. The van der Waals surface area contributed by atoms with Crippen LogP contribution >= 0.6 is 11.3 Å². The lowest BCUT2D eigenvalue weighted by Crippen LogP contribution is -2.31. The number of thiophene rings is 1. The number of nitrogens with zero attached hydrogens (tertiary/aromatic N) is 1. The minimum absolute atomic E-state index is 0.644. The van der Waals surface area contributed by atoms with Crippen molar-refractivity contribution in [1.29, 1.82) is 0 Å². The van der Waals surface area contributed by atoms with Gasteiger partial charge in [-0.15, -0.1) is 11.3 Å². The van der Waals surface area contributed by atoms with Gasteiger partial charge in [0.2, 0.25) is 0 Å². The summed E-state index contributed by atoms with van der Waals surface area (Å²) in [5.41, 5.74) is 3.80. The first-order chi connectivity index (χ1) is 10.3. The van der Waals surface area contributed by atoms with Crippen LogP contribution in [0, 0.1) is 5.92 Å². The fourth-order valence-corrected chi connectivity index (χ4v) is 3.59. The highest BCUT2D eigenvalue weighted by atomic mass is 32.1. The van der Waals surface area contributed by atoms with E-state index in [1.54, 1.807) is 18.4 Å². The Morgan fingerprint density at radius 1 is 1.33 bits per heavy atom. The van der Waals surface area contributed by atoms with Gasteiger partial charge in [0.15, 0.2) is 0 Å². The van der Waals surface area contributed by atoms with Crippen LogP contribution in [0.2, 0.25) is 0 Å². The monoisotopic (exact) mass is 298 g/mol. The van der Waals surface area contributed by atoms with E-state index in [-0.39, 0.29) is 0 Å². The maximum Gasteiger partial charge on any atom is 0.142 e. The average Bonchev–Trinajstić information content (AvgIpc) is 3.26. The van der Waals surface area contributed by atoms with E-state index in [4.69, 9.17) is 9.73 Å². The Hall–Kier alpha value is -1.81. The molecule has 3 aliphatic rings. The number of hydrogen-bond donors (Lipinski definition) is 1. The van der Waals surface area contributed by atoms with E-state index in [2.05, 4.69) is 35.0 Å². The van der Waals surface area contributed by atoms with Crippen molar-refractivity contribution in [2.75, 3.05) is 13.7 Å². The summed E-state index contributed by atoms with van der Waals surface area (Å²) in [5.74, 6) is 2.71. The summed E-state index contributed by atoms with van der Waals surface area (Å²) in [7, 11) is 1.74. The molecule has 0 radical (unpaired) electrons. The number of ether oxygens (including phenoxy) is 1. The molecular formula is C17H18N2OS. The molecule has 4 rings (SSSR count). The van der Waals surface area contributed by atoms with E-state index < -0.39 is 0 Å². The van der Waals surface area contributed by atoms with Gasteiger partial charge in [0.1, 0.15) is 11.6 Å². The zero-order valence-electron chi connectivity index (χ0n) is 12.1. The van der Waals surface area contributed by atoms with E-state index in [1.807, 2.05) is 0 Å². The zero-order chi connectivity index (χ0) is 14.2. The first-order valence-electron chi connectivity index (χ1n) is 7.37. The molecule has 2 heterocycles. The van der Waals surface area contributed by atoms with Crippen molar-refractivity contribution >= 4 is 22.7 Å². The molecular weight excluding hydrogens is 280 g/mol. The van der Waals surface area contributed by atoms with Crippen LogP contribution in [0.25, 0.3) is 5.57 Å². The molecule has 3 nitrogen and oxygen atoms in total. The molecule has 0 spiro atoms. The van der Waals surface area contributed by atoms with Crippen molar-refractivity contribution in [3.05, 3.63) is 51.6 Å². The number of aliphatic imine (C=N–C) groups is 1. The number of nitrogens with one attached hydrogen (secondary N) is 1. The summed E-state index contributed by atoms with van der Waals surface area (Å²) in [6.45, 7) is 0.789. The smallest absolute Gasteiger partial charge is 0.142 e. The maximum absolute atomic E-state index is 5.60. The van der Waals surface area contributed by atoms with E-state index in [1.165, 1.54) is 28.9 Å². The normalized spacial score (nSPS) is 21.7. The lowest BCUT2D eigenvalue weighted by Gasteiger charge is -2.22. The van der Waals surface area contributed by atoms with Gasteiger partial charge in [-0.1, -0.05) is 12.1 Å². The van der Waals surface area contributed by atoms with E-state index in [0.717, 1.165) is 30.3 Å². The van der Waals surface area contributed by atoms with Crippen molar-refractivity contribution in [3.8, 4) is 0 Å². The van der Waals surface area contributed by atoms with Crippen LogP contribution in [0.4, 0.5) is 0 Å². The van der Waals surface area contributed by atoms with E-state index >= 15 is 0 Å². The minimum atomic E-state index is 0.644. The van der Waals surface area contributed by atoms with Crippen LogP contribution in [0.15, 0.2) is 51.7 Å². The second-order valence-corrected chi connectivity index (χ2v) is 6.61. The Morgan fingerprint density at radius 3 is 2.95 bits per heavy atom. The Labute approximate surface area is 128 Å². The van der Waals surface area contributed by atoms with Gasteiger partial charge >= 0.3 is 0 Å². The van der Waals surface area contributed by atoms with Crippen LogP contribution in [0.1, 0.15) is 24.1 Å². The first-order valence-corrected chi connectivity index (χ1v) is 8.25. The average molecular weight is 298 g/mol. The molecule has 0 saturated heterocycles.